The summed E-state index contributed by atoms with van der Waals surface area (Å²) < 4.78 is 0. The van der Waals surface area contributed by atoms with Crippen LogP contribution in [0.5, 0.6) is 0 Å². The van der Waals surface area contributed by atoms with E-state index in [9.17, 15) is 9.59 Å². The molecule has 0 heterocycles. The molecule has 8 heteroatoms. The molecule has 0 aliphatic rings. The summed E-state index contributed by atoms with van der Waals surface area (Å²) in [6, 6.07) is 30.2. The van der Waals surface area contributed by atoms with Gasteiger partial charge in [-0.2, -0.15) is 9.98 Å². The molecule has 0 radical (unpaired) electrons. The fraction of sp³-hybridized carbons (Fsp3) is 0.463. The first-order valence-electron chi connectivity index (χ1n) is 16.7. The molecule has 8 nitrogen and oxygen atoms in total. The minimum Gasteiger partial charge on any atom is -0.225 e. The number of benzene rings is 3. The Bertz CT molecular complexity index is 1860. The molecule has 0 saturated carbocycles. The Kier molecular flexibility index (Phi) is 12.3. The maximum absolute atomic E-state index is 11.0. The molecular formula is C41H50N6O2. The molecule has 0 N–H and O–H groups in total. The third kappa shape index (κ3) is 9.86. The van der Waals surface area contributed by atoms with Gasteiger partial charge in [-0.15, -0.1) is 0 Å². The van der Waals surface area contributed by atoms with E-state index in [-0.39, 0.29) is 5.92 Å². The molecule has 0 aliphatic heterocycles. The zero-order valence-corrected chi connectivity index (χ0v) is 30.9. The monoisotopic (exact) mass is 658 g/mol. The second-order valence-corrected chi connectivity index (χ2v) is 14.8. The summed E-state index contributed by atoms with van der Waals surface area (Å²) >= 11 is 0. The third-order valence-corrected chi connectivity index (χ3v) is 9.36. The van der Waals surface area contributed by atoms with Crippen LogP contribution in [0.15, 0.2) is 103 Å². The zero-order valence-electron chi connectivity index (χ0n) is 30.9. The van der Waals surface area contributed by atoms with E-state index in [1.807, 2.05) is 118 Å². The van der Waals surface area contributed by atoms with Gasteiger partial charge in [0.2, 0.25) is 12.2 Å². The second-order valence-electron chi connectivity index (χ2n) is 14.8. The molecule has 3 rings (SSSR count). The summed E-state index contributed by atoms with van der Waals surface area (Å²) in [6.45, 7) is 22.5. The van der Waals surface area contributed by atoms with Crippen molar-refractivity contribution in [1.29, 1.82) is 0 Å². The molecular weight excluding hydrogens is 608 g/mol. The number of isocyanates is 2. The van der Waals surface area contributed by atoms with Crippen LogP contribution in [0.4, 0.5) is 0 Å². The smallest absolute Gasteiger partial charge is 0.225 e. The summed E-state index contributed by atoms with van der Waals surface area (Å²) in [7, 11) is 0. The van der Waals surface area contributed by atoms with Gasteiger partial charge in [-0.25, -0.2) is 29.6 Å². The molecule has 3 aromatic carbocycles. The van der Waals surface area contributed by atoms with Crippen molar-refractivity contribution in [2.75, 3.05) is 6.54 Å². The highest BCUT2D eigenvalue weighted by Gasteiger charge is 2.27. The van der Waals surface area contributed by atoms with Gasteiger partial charge in [0.05, 0.1) is 46.3 Å². The molecule has 0 saturated heterocycles. The highest BCUT2D eigenvalue weighted by molar-refractivity contribution is 5.48. The number of hydrogen-bond donors (Lipinski definition) is 0. The number of aliphatic imine (C=N–C) groups is 6. The number of carbonyl (C=O) groups excluding carboxylic acids is 2. The molecule has 0 bridgehead atoms. The predicted octanol–water partition coefficient (Wildman–Crippen LogP) is 9.78. The van der Waals surface area contributed by atoms with Crippen molar-refractivity contribution in [1.82, 2.24) is 0 Å². The average molecular weight is 659 g/mol. The number of hydrogen-bond acceptors (Lipinski definition) is 8. The third-order valence-electron chi connectivity index (χ3n) is 9.36. The molecule has 2 atom stereocenters. The predicted molar refractivity (Wildman–Crippen MR) is 198 cm³/mol. The quantitative estimate of drug-likeness (QED) is 0.127. The Morgan fingerprint density at radius 2 is 0.959 bits per heavy atom. The van der Waals surface area contributed by atoms with Crippen molar-refractivity contribution in [3.8, 4) is 0 Å². The highest BCUT2D eigenvalue weighted by Crippen LogP contribution is 2.33. The molecule has 49 heavy (non-hydrogen) atoms. The van der Waals surface area contributed by atoms with Crippen LogP contribution in [0.2, 0.25) is 0 Å². The van der Waals surface area contributed by atoms with E-state index in [0.29, 0.717) is 13.0 Å². The van der Waals surface area contributed by atoms with E-state index in [1.54, 1.807) is 12.2 Å². The van der Waals surface area contributed by atoms with Crippen LogP contribution in [0.3, 0.4) is 0 Å². The Hall–Kier alpha value is -4.82. The van der Waals surface area contributed by atoms with Gasteiger partial charge in [-0.3, -0.25) is 0 Å². The van der Waals surface area contributed by atoms with E-state index in [0.717, 1.165) is 33.4 Å². The van der Waals surface area contributed by atoms with Crippen molar-refractivity contribution in [2.45, 2.75) is 116 Å². The first-order chi connectivity index (χ1) is 22.9. The second kappa shape index (κ2) is 15.6. The summed E-state index contributed by atoms with van der Waals surface area (Å²) in [4.78, 5) is 48.7. The summed E-state index contributed by atoms with van der Waals surface area (Å²) in [5.74, 6) is 0.133. The van der Waals surface area contributed by atoms with Crippen LogP contribution in [-0.2, 0) is 37.3 Å². The van der Waals surface area contributed by atoms with Gasteiger partial charge in [0.15, 0.2) is 0 Å². The van der Waals surface area contributed by atoms with Crippen LogP contribution in [0.1, 0.15) is 122 Å². The van der Waals surface area contributed by atoms with E-state index >= 15 is 0 Å². The lowest BCUT2D eigenvalue weighted by molar-refractivity contribution is 0.468. The van der Waals surface area contributed by atoms with Crippen molar-refractivity contribution in [3.63, 3.8) is 0 Å². The van der Waals surface area contributed by atoms with Crippen molar-refractivity contribution >= 4 is 24.2 Å². The van der Waals surface area contributed by atoms with Gasteiger partial charge in [0, 0.05) is 5.92 Å². The standard InChI is InChI=1S/C41H50N6O2/c1-12-41(11,47-29-49)36-21-13-16-31(22-36)30(2)25-42-26-43-37(3,4)32-17-14-18-33(23-32)38(5,6)44-27-45-39(7,8)34-19-15-20-35(24-34)40(9,10)46-28-48/h13-24,30H,12,25H2,1-11H3. The van der Waals surface area contributed by atoms with Crippen molar-refractivity contribution in [3.05, 3.63) is 106 Å². The molecule has 0 aromatic heterocycles. The number of rotatable bonds is 14. The van der Waals surface area contributed by atoms with Crippen molar-refractivity contribution < 1.29 is 9.59 Å². The minimum absolute atomic E-state index is 0.133. The van der Waals surface area contributed by atoms with Crippen LogP contribution < -0.4 is 0 Å². The maximum Gasteiger partial charge on any atom is 0.235 e. The zero-order chi connectivity index (χ0) is 36.5. The largest absolute Gasteiger partial charge is 0.235 e. The van der Waals surface area contributed by atoms with Crippen LogP contribution in [0, 0.1) is 0 Å². The lowest BCUT2D eigenvalue weighted by Gasteiger charge is -2.24. The van der Waals surface area contributed by atoms with Crippen LogP contribution in [0.25, 0.3) is 0 Å². The lowest BCUT2D eigenvalue weighted by atomic mass is 9.87. The Morgan fingerprint density at radius 3 is 1.41 bits per heavy atom. The maximum atomic E-state index is 11.0. The molecule has 256 valence electrons. The molecule has 3 aromatic rings. The molecule has 0 spiro atoms. The van der Waals surface area contributed by atoms with E-state index < -0.39 is 27.7 Å². The summed E-state index contributed by atoms with van der Waals surface area (Å²) in [5, 5.41) is 0. The molecule has 2 unspecified atom stereocenters. The summed E-state index contributed by atoms with van der Waals surface area (Å²) in [5.41, 5.74) is 2.96. The first kappa shape index (κ1) is 38.6. The van der Waals surface area contributed by atoms with Crippen LogP contribution >= 0.6 is 0 Å². The average Bonchev–Trinajstić information content (AvgIpc) is 3.06. The number of nitrogens with zero attached hydrogens (tertiary/aromatic N) is 6. The van der Waals surface area contributed by atoms with E-state index in [1.165, 1.54) is 0 Å². The lowest BCUT2D eigenvalue weighted by Crippen LogP contribution is -2.19. The minimum atomic E-state index is -0.681. The van der Waals surface area contributed by atoms with E-state index in [2.05, 4.69) is 58.2 Å². The van der Waals surface area contributed by atoms with Gasteiger partial charge >= 0.3 is 0 Å². The molecule has 0 aliphatic carbocycles. The first-order valence-corrected chi connectivity index (χ1v) is 16.7. The summed E-state index contributed by atoms with van der Waals surface area (Å²) in [6.07, 6.45) is 4.10. The van der Waals surface area contributed by atoms with Gasteiger partial charge in [-0.05, 0) is 102 Å². The fourth-order valence-electron chi connectivity index (χ4n) is 5.28. The Labute approximate surface area is 292 Å². The SMILES string of the molecule is CCC(C)(N=C=O)c1cccc(C(C)CN=C=NC(C)(C)c2cccc(C(C)(C)N=C=NC(C)(C)c3cccc(C(C)(C)N=C=O)c3)c2)c1. The molecule has 0 fully saturated rings. The van der Waals surface area contributed by atoms with Crippen LogP contribution in [-0.4, -0.2) is 30.7 Å². The fourth-order valence-corrected chi connectivity index (χ4v) is 5.28. The van der Waals surface area contributed by atoms with Gasteiger partial charge < -0.3 is 0 Å². The Balaban J connectivity index is 1.78. The topological polar surface area (TPSA) is 108 Å². The molecule has 0 amide bonds. The van der Waals surface area contributed by atoms with Gasteiger partial charge in [-0.1, -0.05) is 86.6 Å². The normalized spacial score (nSPS) is 13.7. The van der Waals surface area contributed by atoms with Crippen molar-refractivity contribution in [2.24, 2.45) is 30.0 Å². The highest BCUT2D eigenvalue weighted by atomic mass is 16.1. The Morgan fingerprint density at radius 1 is 0.551 bits per heavy atom. The van der Waals surface area contributed by atoms with Gasteiger partial charge in [0.1, 0.15) is 0 Å². The van der Waals surface area contributed by atoms with Gasteiger partial charge in [0.25, 0.3) is 0 Å². The van der Waals surface area contributed by atoms with E-state index in [4.69, 9.17) is 15.0 Å².